The van der Waals surface area contributed by atoms with Crippen LogP contribution in [0.25, 0.3) is 0 Å². The Bertz CT molecular complexity index is 702. The molecule has 1 atom stereocenters. The van der Waals surface area contributed by atoms with E-state index in [4.69, 9.17) is 4.74 Å². The Balaban J connectivity index is 1.86. The number of hydrogen-bond donors (Lipinski definition) is 2. The van der Waals surface area contributed by atoms with Gasteiger partial charge in [-0.2, -0.15) is 5.10 Å². The van der Waals surface area contributed by atoms with Crippen molar-refractivity contribution in [3.63, 3.8) is 0 Å². The average molecular weight is 329 g/mol. The molecule has 0 aliphatic heterocycles. The summed E-state index contributed by atoms with van der Waals surface area (Å²) < 4.78 is 18.8. The van der Waals surface area contributed by atoms with Crippen LogP contribution in [0.2, 0.25) is 0 Å². The zero-order valence-electron chi connectivity index (χ0n) is 13.6. The van der Waals surface area contributed by atoms with Gasteiger partial charge in [0.1, 0.15) is 17.6 Å². The van der Waals surface area contributed by atoms with Gasteiger partial charge in [0.2, 0.25) is 0 Å². The third-order valence-electron chi connectivity index (χ3n) is 3.23. The van der Waals surface area contributed by atoms with Crippen LogP contribution in [0.3, 0.4) is 0 Å². The number of amides is 1. The molecule has 0 unspecified atom stereocenters. The van der Waals surface area contributed by atoms with E-state index < -0.39 is 11.9 Å². The smallest absolute Gasteiger partial charge is 0.262 e. The molecular weight excluding hydrogens is 309 g/mol. The fourth-order valence-corrected chi connectivity index (χ4v) is 1.97. The van der Waals surface area contributed by atoms with E-state index in [2.05, 4.69) is 15.8 Å². The number of halogens is 1. The summed E-state index contributed by atoms with van der Waals surface area (Å²) in [4.78, 5) is 12.0. The van der Waals surface area contributed by atoms with Crippen molar-refractivity contribution < 1.29 is 13.9 Å². The van der Waals surface area contributed by atoms with E-state index in [0.29, 0.717) is 12.2 Å². The fraction of sp³-hybridized carbons (Fsp3) is 0.222. The summed E-state index contributed by atoms with van der Waals surface area (Å²) in [7, 11) is 0. The molecule has 0 heterocycles. The highest BCUT2D eigenvalue weighted by Crippen LogP contribution is 2.16. The van der Waals surface area contributed by atoms with Crippen LogP contribution in [0.4, 0.5) is 10.1 Å². The Kier molecular flexibility index (Phi) is 6.31. The van der Waals surface area contributed by atoms with Gasteiger partial charge in [-0.3, -0.25) is 4.79 Å². The van der Waals surface area contributed by atoms with Gasteiger partial charge in [0.05, 0.1) is 12.8 Å². The second-order valence-corrected chi connectivity index (χ2v) is 5.08. The summed E-state index contributed by atoms with van der Waals surface area (Å²) in [5.74, 6) is 0.0576. The Labute approximate surface area is 140 Å². The molecule has 126 valence electrons. The van der Waals surface area contributed by atoms with Gasteiger partial charge in [0.15, 0.2) is 0 Å². The standard InChI is InChI=1S/C18H20FN3O2/c1-3-24-16-10-8-15(9-11-16)21-13(2)18(23)22-20-12-14-6-4-5-7-17(14)19/h4-13,21H,3H2,1-2H3,(H,22,23)/b20-12-/t13-/m1/s1. The number of carbonyl (C=O) groups is 1. The molecule has 2 aromatic rings. The van der Waals surface area contributed by atoms with E-state index in [1.807, 2.05) is 31.2 Å². The van der Waals surface area contributed by atoms with Crippen LogP contribution in [0, 0.1) is 5.82 Å². The first-order valence-electron chi connectivity index (χ1n) is 7.67. The fourth-order valence-electron chi connectivity index (χ4n) is 1.97. The maximum absolute atomic E-state index is 13.4. The van der Waals surface area contributed by atoms with Gasteiger partial charge in [0, 0.05) is 11.3 Å². The molecule has 0 radical (unpaired) electrons. The second kappa shape index (κ2) is 8.67. The average Bonchev–Trinajstić information content (AvgIpc) is 2.58. The van der Waals surface area contributed by atoms with E-state index in [9.17, 15) is 9.18 Å². The Morgan fingerprint density at radius 2 is 1.96 bits per heavy atom. The van der Waals surface area contributed by atoms with E-state index in [1.54, 1.807) is 25.1 Å². The zero-order valence-corrected chi connectivity index (χ0v) is 13.6. The maximum Gasteiger partial charge on any atom is 0.262 e. The summed E-state index contributed by atoms with van der Waals surface area (Å²) >= 11 is 0. The lowest BCUT2D eigenvalue weighted by atomic mass is 10.2. The highest BCUT2D eigenvalue weighted by atomic mass is 19.1. The summed E-state index contributed by atoms with van der Waals surface area (Å²) in [6, 6.07) is 13.0. The first-order chi connectivity index (χ1) is 11.6. The van der Waals surface area contributed by atoms with Gasteiger partial charge in [-0.05, 0) is 44.2 Å². The van der Waals surface area contributed by atoms with Crippen molar-refractivity contribution in [2.24, 2.45) is 5.10 Å². The van der Waals surface area contributed by atoms with E-state index in [-0.39, 0.29) is 5.91 Å². The van der Waals surface area contributed by atoms with Crippen LogP contribution in [0.15, 0.2) is 53.6 Å². The van der Waals surface area contributed by atoms with Crippen molar-refractivity contribution in [2.45, 2.75) is 19.9 Å². The minimum absolute atomic E-state index is 0.310. The number of hydrogen-bond acceptors (Lipinski definition) is 4. The number of nitrogens with one attached hydrogen (secondary N) is 2. The number of anilines is 1. The molecule has 0 fully saturated rings. The first kappa shape index (κ1) is 17.5. The number of benzene rings is 2. The van der Waals surface area contributed by atoms with Gasteiger partial charge in [-0.25, -0.2) is 9.82 Å². The summed E-state index contributed by atoms with van der Waals surface area (Å²) in [6.07, 6.45) is 1.27. The number of hydrazone groups is 1. The number of rotatable bonds is 7. The minimum atomic E-state index is -0.499. The van der Waals surface area contributed by atoms with Gasteiger partial charge in [0.25, 0.3) is 5.91 Å². The number of ether oxygens (including phenoxy) is 1. The SMILES string of the molecule is CCOc1ccc(N[C@H](C)C(=O)N/N=C\c2ccccc2F)cc1. The van der Waals surface area contributed by atoms with E-state index in [1.165, 1.54) is 12.3 Å². The second-order valence-electron chi connectivity index (χ2n) is 5.08. The molecule has 2 aromatic carbocycles. The molecule has 1 amide bonds. The molecule has 0 spiro atoms. The minimum Gasteiger partial charge on any atom is -0.494 e. The predicted octanol–water partition coefficient (Wildman–Crippen LogP) is 3.18. The van der Waals surface area contributed by atoms with Crippen LogP contribution < -0.4 is 15.5 Å². The zero-order chi connectivity index (χ0) is 17.4. The van der Waals surface area contributed by atoms with Crippen LogP contribution in [-0.4, -0.2) is 24.8 Å². The lowest BCUT2D eigenvalue weighted by Gasteiger charge is -2.14. The third-order valence-corrected chi connectivity index (χ3v) is 3.23. The largest absolute Gasteiger partial charge is 0.494 e. The van der Waals surface area contributed by atoms with Crippen LogP contribution in [-0.2, 0) is 4.79 Å². The summed E-state index contributed by atoms with van der Waals surface area (Å²) in [5.41, 5.74) is 3.49. The summed E-state index contributed by atoms with van der Waals surface area (Å²) in [6.45, 7) is 4.23. The molecular formula is C18H20FN3O2. The maximum atomic E-state index is 13.4. The molecule has 0 saturated carbocycles. The predicted molar refractivity (Wildman–Crippen MR) is 92.8 cm³/mol. The van der Waals surface area contributed by atoms with Crippen molar-refractivity contribution >= 4 is 17.8 Å². The Morgan fingerprint density at radius 3 is 2.62 bits per heavy atom. The molecule has 0 aromatic heterocycles. The highest BCUT2D eigenvalue weighted by molar-refractivity contribution is 5.86. The quantitative estimate of drug-likeness (QED) is 0.606. The molecule has 6 heteroatoms. The van der Waals surface area contributed by atoms with Gasteiger partial charge >= 0.3 is 0 Å². The van der Waals surface area contributed by atoms with E-state index >= 15 is 0 Å². The molecule has 2 rings (SSSR count). The highest BCUT2D eigenvalue weighted by Gasteiger charge is 2.11. The lowest BCUT2D eigenvalue weighted by Crippen LogP contribution is -2.34. The molecule has 0 aliphatic rings. The molecule has 0 saturated heterocycles. The monoisotopic (exact) mass is 329 g/mol. The molecule has 0 aliphatic carbocycles. The topological polar surface area (TPSA) is 62.7 Å². The van der Waals surface area contributed by atoms with Crippen molar-refractivity contribution in [1.82, 2.24) is 5.43 Å². The summed E-state index contributed by atoms with van der Waals surface area (Å²) in [5, 5.41) is 6.83. The van der Waals surface area contributed by atoms with Crippen LogP contribution in [0.1, 0.15) is 19.4 Å². The van der Waals surface area contributed by atoms with Crippen molar-refractivity contribution in [2.75, 3.05) is 11.9 Å². The molecule has 0 bridgehead atoms. The van der Waals surface area contributed by atoms with E-state index in [0.717, 1.165) is 11.4 Å². The first-order valence-corrected chi connectivity index (χ1v) is 7.67. The van der Waals surface area contributed by atoms with Gasteiger partial charge in [-0.1, -0.05) is 18.2 Å². The van der Waals surface area contributed by atoms with Gasteiger partial charge in [-0.15, -0.1) is 0 Å². The van der Waals surface area contributed by atoms with Crippen molar-refractivity contribution in [1.29, 1.82) is 0 Å². The normalized spacial score (nSPS) is 12.0. The van der Waals surface area contributed by atoms with Crippen molar-refractivity contribution in [3.05, 3.63) is 59.9 Å². The van der Waals surface area contributed by atoms with Gasteiger partial charge < -0.3 is 10.1 Å². The lowest BCUT2D eigenvalue weighted by molar-refractivity contribution is -0.121. The molecule has 2 N–H and O–H groups in total. The molecule has 24 heavy (non-hydrogen) atoms. The van der Waals surface area contributed by atoms with Crippen LogP contribution in [0.5, 0.6) is 5.75 Å². The Morgan fingerprint density at radius 1 is 1.25 bits per heavy atom. The Hall–Kier alpha value is -2.89. The van der Waals surface area contributed by atoms with Crippen molar-refractivity contribution in [3.8, 4) is 5.75 Å². The third kappa shape index (κ3) is 5.08. The number of carbonyl (C=O) groups excluding carboxylic acids is 1. The number of nitrogens with zero attached hydrogens (tertiary/aromatic N) is 1. The van der Waals surface area contributed by atoms with Crippen LogP contribution >= 0.6 is 0 Å². The molecule has 5 nitrogen and oxygen atoms in total.